The summed E-state index contributed by atoms with van der Waals surface area (Å²) < 4.78 is 15.7. The van der Waals surface area contributed by atoms with E-state index >= 15 is 0 Å². The highest BCUT2D eigenvalue weighted by molar-refractivity contribution is 7.14. The van der Waals surface area contributed by atoms with Crippen LogP contribution in [-0.4, -0.2) is 11.8 Å². The SMILES string of the molecule is c1cc(-c2csc(Nc3ccc4c(c3)OCO4)n2)co1. The van der Waals surface area contributed by atoms with Crippen molar-refractivity contribution >= 4 is 22.2 Å². The van der Waals surface area contributed by atoms with E-state index in [1.807, 2.05) is 29.6 Å². The van der Waals surface area contributed by atoms with Gasteiger partial charge >= 0.3 is 0 Å². The first-order valence-corrected chi connectivity index (χ1v) is 6.91. The van der Waals surface area contributed by atoms with Gasteiger partial charge in [-0.3, -0.25) is 0 Å². The number of aromatic nitrogens is 1. The third-order valence-corrected chi connectivity index (χ3v) is 3.70. The van der Waals surface area contributed by atoms with Gasteiger partial charge in [-0.1, -0.05) is 0 Å². The normalized spacial score (nSPS) is 12.6. The van der Waals surface area contributed by atoms with Crippen molar-refractivity contribution in [2.75, 3.05) is 12.1 Å². The van der Waals surface area contributed by atoms with Crippen molar-refractivity contribution in [1.82, 2.24) is 4.98 Å². The number of furan rings is 1. The van der Waals surface area contributed by atoms with Crippen LogP contribution in [0, 0.1) is 0 Å². The summed E-state index contributed by atoms with van der Waals surface area (Å²) in [5, 5.41) is 6.06. The van der Waals surface area contributed by atoms with Crippen molar-refractivity contribution in [1.29, 1.82) is 0 Å². The molecule has 0 saturated carbocycles. The Morgan fingerprint density at radius 2 is 2.10 bits per heavy atom. The maximum absolute atomic E-state index is 5.35. The van der Waals surface area contributed by atoms with Gasteiger partial charge in [0.2, 0.25) is 6.79 Å². The summed E-state index contributed by atoms with van der Waals surface area (Å²) in [6.45, 7) is 0.278. The van der Waals surface area contributed by atoms with Crippen molar-refractivity contribution < 1.29 is 13.9 Å². The maximum atomic E-state index is 5.35. The van der Waals surface area contributed by atoms with Crippen molar-refractivity contribution in [2.24, 2.45) is 0 Å². The lowest BCUT2D eigenvalue weighted by molar-refractivity contribution is 0.174. The third kappa shape index (κ3) is 2.00. The van der Waals surface area contributed by atoms with Crippen LogP contribution >= 0.6 is 11.3 Å². The van der Waals surface area contributed by atoms with Gasteiger partial charge in [-0.2, -0.15) is 0 Å². The Balaban J connectivity index is 1.57. The predicted octanol–water partition coefficient (Wildman–Crippen LogP) is 3.88. The standard InChI is InChI=1S/C14H10N2O3S/c1-2-12-13(19-8-18-12)5-10(1)15-14-16-11(7-20-14)9-3-4-17-6-9/h1-7H,8H2,(H,15,16). The molecule has 1 aliphatic heterocycles. The molecular formula is C14H10N2O3S. The summed E-state index contributed by atoms with van der Waals surface area (Å²) in [5.74, 6) is 1.52. The predicted molar refractivity (Wildman–Crippen MR) is 75.7 cm³/mol. The van der Waals surface area contributed by atoms with Gasteiger partial charge in [0, 0.05) is 22.7 Å². The van der Waals surface area contributed by atoms with Crippen molar-refractivity contribution in [3.8, 4) is 22.8 Å². The molecule has 0 amide bonds. The van der Waals surface area contributed by atoms with Crippen LogP contribution in [0.5, 0.6) is 11.5 Å². The molecular weight excluding hydrogens is 276 g/mol. The minimum Gasteiger partial charge on any atom is -0.472 e. The van der Waals surface area contributed by atoms with Gasteiger partial charge in [0.15, 0.2) is 16.6 Å². The highest BCUT2D eigenvalue weighted by Crippen LogP contribution is 2.35. The van der Waals surface area contributed by atoms with Gasteiger partial charge < -0.3 is 19.2 Å². The highest BCUT2D eigenvalue weighted by atomic mass is 32.1. The van der Waals surface area contributed by atoms with Gasteiger partial charge in [0.05, 0.1) is 18.2 Å². The molecule has 1 aliphatic rings. The van der Waals surface area contributed by atoms with Crippen LogP contribution in [0.3, 0.4) is 0 Å². The first-order valence-electron chi connectivity index (χ1n) is 6.03. The molecule has 0 fully saturated rings. The minimum absolute atomic E-state index is 0.278. The zero-order valence-corrected chi connectivity index (χ0v) is 11.1. The molecule has 0 saturated heterocycles. The number of rotatable bonds is 3. The van der Waals surface area contributed by atoms with Crippen LogP contribution in [-0.2, 0) is 0 Å². The fourth-order valence-electron chi connectivity index (χ4n) is 1.97. The molecule has 3 aromatic rings. The van der Waals surface area contributed by atoms with Crippen LogP contribution < -0.4 is 14.8 Å². The van der Waals surface area contributed by atoms with E-state index < -0.39 is 0 Å². The Labute approximate surface area is 118 Å². The second-order valence-electron chi connectivity index (χ2n) is 4.24. The summed E-state index contributed by atoms with van der Waals surface area (Å²) in [6.07, 6.45) is 3.32. The first-order chi connectivity index (χ1) is 9.88. The van der Waals surface area contributed by atoms with E-state index in [0.29, 0.717) is 0 Å². The molecule has 1 aromatic carbocycles. The van der Waals surface area contributed by atoms with Crippen molar-refractivity contribution in [3.05, 3.63) is 42.2 Å². The molecule has 0 aliphatic carbocycles. The number of benzene rings is 1. The Morgan fingerprint density at radius 3 is 3.00 bits per heavy atom. The number of nitrogens with one attached hydrogen (secondary N) is 1. The maximum Gasteiger partial charge on any atom is 0.231 e. The van der Waals surface area contributed by atoms with E-state index in [1.165, 1.54) is 11.3 Å². The van der Waals surface area contributed by atoms with Crippen molar-refractivity contribution in [3.63, 3.8) is 0 Å². The van der Waals surface area contributed by atoms with Crippen LogP contribution in [0.15, 0.2) is 46.6 Å². The van der Waals surface area contributed by atoms with Gasteiger partial charge in [-0.25, -0.2) is 4.98 Å². The summed E-state index contributed by atoms with van der Waals surface area (Å²) in [4.78, 5) is 4.52. The Kier molecular flexibility index (Phi) is 2.60. The largest absolute Gasteiger partial charge is 0.472 e. The number of anilines is 2. The highest BCUT2D eigenvalue weighted by Gasteiger charge is 2.14. The lowest BCUT2D eigenvalue weighted by atomic mass is 10.3. The monoisotopic (exact) mass is 286 g/mol. The van der Waals surface area contributed by atoms with Gasteiger partial charge in [-0.15, -0.1) is 11.3 Å². The molecule has 4 rings (SSSR count). The molecule has 0 unspecified atom stereocenters. The van der Waals surface area contributed by atoms with E-state index in [0.717, 1.165) is 33.6 Å². The van der Waals surface area contributed by atoms with E-state index in [-0.39, 0.29) is 6.79 Å². The smallest absolute Gasteiger partial charge is 0.231 e. The zero-order chi connectivity index (χ0) is 13.4. The average molecular weight is 286 g/mol. The molecule has 3 heterocycles. The van der Waals surface area contributed by atoms with E-state index in [4.69, 9.17) is 13.9 Å². The molecule has 20 heavy (non-hydrogen) atoms. The zero-order valence-electron chi connectivity index (χ0n) is 10.3. The molecule has 0 atom stereocenters. The first kappa shape index (κ1) is 11.4. The quantitative estimate of drug-likeness (QED) is 0.792. The Bertz CT molecular complexity index is 737. The second kappa shape index (κ2) is 4.57. The molecule has 0 radical (unpaired) electrons. The third-order valence-electron chi connectivity index (χ3n) is 2.94. The Hall–Kier alpha value is -2.47. The number of fused-ring (bicyclic) bond motifs is 1. The lowest BCUT2D eigenvalue weighted by Crippen LogP contribution is -1.93. The fourth-order valence-corrected chi connectivity index (χ4v) is 2.71. The van der Waals surface area contributed by atoms with Gasteiger partial charge in [-0.05, 0) is 18.2 Å². The Morgan fingerprint density at radius 1 is 1.15 bits per heavy atom. The number of nitrogens with zero attached hydrogens (tertiary/aromatic N) is 1. The number of thiazole rings is 1. The van der Waals surface area contributed by atoms with Crippen molar-refractivity contribution in [2.45, 2.75) is 0 Å². The summed E-state index contributed by atoms with van der Waals surface area (Å²) in [7, 11) is 0. The molecule has 0 bridgehead atoms. The minimum atomic E-state index is 0.278. The summed E-state index contributed by atoms with van der Waals surface area (Å²) in [6, 6.07) is 7.61. The molecule has 5 nitrogen and oxygen atoms in total. The number of hydrogen-bond donors (Lipinski definition) is 1. The summed E-state index contributed by atoms with van der Waals surface area (Å²) in [5.41, 5.74) is 2.79. The molecule has 2 aromatic heterocycles. The van der Waals surface area contributed by atoms with E-state index in [1.54, 1.807) is 12.5 Å². The molecule has 0 spiro atoms. The molecule has 1 N–H and O–H groups in total. The average Bonchev–Trinajstić information content (AvgIpc) is 3.19. The fraction of sp³-hybridized carbons (Fsp3) is 0.0714. The van der Waals surface area contributed by atoms with E-state index in [2.05, 4.69) is 10.3 Å². The topological polar surface area (TPSA) is 56.5 Å². The molecule has 6 heteroatoms. The lowest BCUT2D eigenvalue weighted by Gasteiger charge is -2.03. The van der Waals surface area contributed by atoms with Gasteiger partial charge in [0.25, 0.3) is 0 Å². The summed E-state index contributed by atoms with van der Waals surface area (Å²) >= 11 is 1.54. The van der Waals surface area contributed by atoms with Crippen LogP contribution in [0.25, 0.3) is 11.3 Å². The van der Waals surface area contributed by atoms with Gasteiger partial charge in [0.1, 0.15) is 0 Å². The molecule has 100 valence electrons. The second-order valence-corrected chi connectivity index (χ2v) is 5.10. The van der Waals surface area contributed by atoms with Crippen LogP contribution in [0.4, 0.5) is 10.8 Å². The van der Waals surface area contributed by atoms with E-state index in [9.17, 15) is 0 Å². The van der Waals surface area contributed by atoms with Crippen LogP contribution in [0.2, 0.25) is 0 Å². The number of hydrogen-bond acceptors (Lipinski definition) is 6. The number of ether oxygens (including phenoxy) is 2. The van der Waals surface area contributed by atoms with Crippen LogP contribution in [0.1, 0.15) is 0 Å².